The van der Waals surface area contributed by atoms with Gasteiger partial charge in [-0.2, -0.15) is 0 Å². The molecule has 8 heteroatoms. The molecular formula is C18H24N6OS. The number of piperazine rings is 1. The first-order valence-corrected chi connectivity index (χ1v) is 9.46. The van der Waals surface area contributed by atoms with Gasteiger partial charge in [0.05, 0.1) is 6.20 Å². The van der Waals surface area contributed by atoms with E-state index in [-0.39, 0.29) is 5.91 Å². The van der Waals surface area contributed by atoms with Gasteiger partial charge in [0.1, 0.15) is 10.7 Å². The summed E-state index contributed by atoms with van der Waals surface area (Å²) in [5, 5.41) is 6.53. The lowest BCUT2D eigenvalue weighted by molar-refractivity contribution is 0.0974. The first kappa shape index (κ1) is 18.5. The Morgan fingerprint density at radius 3 is 2.88 bits per heavy atom. The lowest BCUT2D eigenvalue weighted by Crippen LogP contribution is -2.43. The number of aromatic nitrogens is 2. The Labute approximate surface area is 157 Å². The van der Waals surface area contributed by atoms with Crippen molar-refractivity contribution < 1.29 is 4.79 Å². The van der Waals surface area contributed by atoms with Gasteiger partial charge in [-0.15, -0.1) is 0 Å². The van der Waals surface area contributed by atoms with E-state index in [1.807, 2.05) is 19.1 Å². The minimum Gasteiger partial charge on any atom is -0.328 e. The number of amides is 1. The summed E-state index contributed by atoms with van der Waals surface area (Å²) < 4.78 is 0. The summed E-state index contributed by atoms with van der Waals surface area (Å²) in [6.45, 7) is 7.14. The fraction of sp³-hybridized carbons (Fsp3) is 0.389. The number of hydrogen-bond donors (Lipinski definition) is 2. The van der Waals surface area contributed by atoms with Gasteiger partial charge in [-0.1, -0.05) is 17.4 Å². The van der Waals surface area contributed by atoms with Gasteiger partial charge in [-0.05, 0) is 37.9 Å². The van der Waals surface area contributed by atoms with Crippen LogP contribution in [0.25, 0.3) is 0 Å². The third kappa shape index (κ3) is 5.10. The highest BCUT2D eigenvalue weighted by atomic mass is 32.1. The Balaban J connectivity index is 1.60. The summed E-state index contributed by atoms with van der Waals surface area (Å²) in [6.07, 6.45) is 6.76. The lowest BCUT2D eigenvalue weighted by Gasteiger charge is -2.32. The highest BCUT2D eigenvalue weighted by Gasteiger charge is 2.14. The number of allylic oxidation sites excluding steroid dienone is 1. The first-order chi connectivity index (χ1) is 12.6. The van der Waals surface area contributed by atoms with Crippen molar-refractivity contribution in [3.8, 4) is 0 Å². The van der Waals surface area contributed by atoms with Crippen LogP contribution < -0.4 is 10.6 Å². The molecule has 138 valence electrons. The first-order valence-electron chi connectivity index (χ1n) is 8.65. The van der Waals surface area contributed by atoms with Gasteiger partial charge in [0.25, 0.3) is 5.91 Å². The zero-order chi connectivity index (χ0) is 18.4. The van der Waals surface area contributed by atoms with E-state index in [1.165, 1.54) is 16.9 Å². The third-order valence-electron chi connectivity index (χ3n) is 4.17. The standard InChI is InChI=1S/C18H24N6OS/c1-3-5-20-17(25)15-12-21-18(26-15)22-16-11-14(4-6-19-16)13-24-9-7-23(2)8-10-24/h3-6,11-12H,7-10,13H2,1-2H3,(H,20,25)(H,19,21,22)/b5-3+. The molecule has 1 amide bonds. The molecule has 0 atom stereocenters. The molecule has 1 fully saturated rings. The van der Waals surface area contributed by atoms with Crippen LogP contribution in [0.5, 0.6) is 0 Å². The average Bonchev–Trinajstić information content (AvgIpc) is 3.10. The minimum absolute atomic E-state index is 0.162. The van der Waals surface area contributed by atoms with Crippen LogP contribution in [0.2, 0.25) is 0 Å². The van der Waals surface area contributed by atoms with Crippen LogP contribution in [0.15, 0.2) is 36.8 Å². The van der Waals surface area contributed by atoms with E-state index in [2.05, 4.69) is 37.4 Å². The molecule has 26 heavy (non-hydrogen) atoms. The topological polar surface area (TPSA) is 73.4 Å². The van der Waals surface area contributed by atoms with Crippen molar-refractivity contribution in [3.05, 3.63) is 47.2 Å². The summed E-state index contributed by atoms with van der Waals surface area (Å²) in [5.74, 6) is 0.580. The van der Waals surface area contributed by atoms with E-state index in [9.17, 15) is 4.79 Å². The summed E-state index contributed by atoms with van der Waals surface area (Å²) in [6, 6.07) is 4.08. The highest BCUT2D eigenvalue weighted by Crippen LogP contribution is 2.22. The predicted molar refractivity (Wildman–Crippen MR) is 105 cm³/mol. The van der Waals surface area contributed by atoms with Crippen molar-refractivity contribution >= 4 is 28.2 Å². The Hall–Kier alpha value is -2.29. The second-order valence-electron chi connectivity index (χ2n) is 6.26. The van der Waals surface area contributed by atoms with E-state index in [1.54, 1.807) is 24.7 Å². The molecule has 2 N–H and O–H groups in total. The highest BCUT2D eigenvalue weighted by molar-refractivity contribution is 7.17. The van der Waals surface area contributed by atoms with Crippen LogP contribution in [0, 0.1) is 0 Å². The number of pyridine rings is 1. The van der Waals surface area contributed by atoms with Gasteiger partial charge in [0.2, 0.25) is 0 Å². The maximum atomic E-state index is 11.9. The molecule has 2 aromatic rings. The number of nitrogens with zero attached hydrogens (tertiary/aromatic N) is 4. The number of carbonyl (C=O) groups excluding carboxylic acids is 1. The number of anilines is 2. The summed E-state index contributed by atoms with van der Waals surface area (Å²) in [7, 11) is 2.16. The smallest absolute Gasteiger partial charge is 0.266 e. The van der Waals surface area contributed by atoms with Crippen LogP contribution in [-0.2, 0) is 6.54 Å². The van der Waals surface area contributed by atoms with Crippen molar-refractivity contribution in [2.45, 2.75) is 13.5 Å². The number of rotatable bonds is 6. The molecule has 0 radical (unpaired) electrons. The molecule has 0 bridgehead atoms. The molecule has 7 nitrogen and oxygen atoms in total. The largest absolute Gasteiger partial charge is 0.328 e. The summed E-state index contributed by atoms with van der Waals surface area (Å²) >= 11 is 1.30. The van der Waals surface area contributed by atoms with Crippen molar-refractivity contribution in [3.63, 3.8) is 0 Å². The van der Waals surface area contributed by atoms with E-state index in [0.29, 0.717) is 10.0 Å². The monoisotopic (exact) mass is 372 g/mol. The number of thiazole rings is 1. The normalized spacial score (nSPS) is 16.1. The molecular weight excluding hydrogens is 348 g/mol. The second kappa shape index (κ2) is 8.88. The van der Waals surface area contributed by atoms with Gasteiger partial charge in [-0.25, -0.2) is 9.97 Å². The SMILES string of the molecule is C/C=C/NC(=O)c1cnc(Nc2cc(CN3CCN(C)CC3)ccn2)s1. The molecule has 0 aromatic carbocycles. The zero-order valence-electron chi connectivity index (χ0n) is 15.1. The van der Waals surface area contributed by atoms with Gasteiger partial charge in [-0.3, -0.25) is 9.69 Å². The third-order valence-corrected chi connectivity index (χ3v) is 5.08. The van der Waals surface area contributed by atoms with Crippen LogP contribution in [0.1, 0.15) is 22.2 Å². The number of nitrogens with one attached hydrogen (secondary N) is 2. The molecule has 0 spiro atoms. The van der Waals surface area contributed by atoms with Gasteiger partial charge < -0.3 is 15.5 Å². The van der Waals surface area contributed by atoms with E-state index in [4.69, 9.17) is 0 Å². The fourth-order valence-electron chi connectivity index (χ4n) is 2.68. The molecule has 2 aromatic heterocycles. The van der Waals surface area contributed by atoms with E-state index < -0.39 is 0 Å². The van der Waals surface area contributed by atoms with Crippen molar-refractivity contribution in [1.29, 1.82) is 0 Å². The number of likely N-dealkylation sites (N-methyl/N-ethyl adjacent to an activating group) is 1. The lowest BCUT2D eigenvalue weighted by atomic mass is 10.2. The predicted octanol–water partition coefficient (Wildman–Crippen LogP) is 2.29. The Bertz CT molecular complexity index is 767. The number of hydrogen-bond acceptors (Lipinski definition) is 7. The number of carbonyl (C=O) groups is 1. The molecule has 0 aliphatic carbocycles. The van der Waals surface area contributed by atoms with Crippen molar-refractivity contribution in [2.24, 2.45) is 0 Å². The van der Waals surface area contributed by atoms with Crippen LogP contribution in [0.4, 0.5) is 10.9 Å². The fourth-order valence-corrected chi connectivity index (χ4v) is 3.41. The Morgan fingerprint density at radius 1 is 1.31 bits per heavy atom. The Kier molecular flexibility index (Phi) is 6.32. The quantitative estimate of drug-likeness (QED) is 0.811. The van der Waals surface area contributed by atoms with E-state index in [0.717, 1.165) is 38.5 Å². The average molecular weight is 372 g/mol. The Morgan fingerprint density at radius 2 is 2.12 bits per heavy atom. The summed E-state index contributed by atoms with van der Waals surface area (Å²) in [4.78, 5) is 25.9. The molecule has 1 aliphatic heterocycles. The van der Waals surface area contributed by atoms with E-state index >= 15 is 0 Å². The van der Waals surface area contributed by atoms with Gasteiger partial charge in [0, 0.05) is 38.9 Å². The van der Waals surface area contributed by atoms with Crippen molar-refractivity contribution in [2.75, 3.05) is 38.5 Å². The second-order valence-corrected chi connectivity index (χ2v) is 7.29. The molecule has 3 rings (SSSR count). The minimum atomic E-state index is -0.162. The molecule has 1 saturated heterocycles. The zero-order valence-corrected chi connectivity index (χ0v) is 15.9. The van der Waals surface area contributed by atoms with Crippen LogP contribution in [0.3, 0.4) is 0 Å². The maximum Gasteiger partial charge on any atom is 0.266 e. The van der Waals surface area contributed by atoms with Crippen LogP contribution >= 0.6 is 11.3 Å². The molecule has 1 aliphatic rings. The summed E-state index contributed by atoms with van der Waals surface area (Å²) in [5.41, 5.74) is 1.22. The molecule has 0 unspecified atom stereocenters. The van der Waals surface area contributed by atoms with Gasteiger partial charge in [0.15, 0.2) is 5.13 Å². The molecule has 3 heterocycles. The van der Waals surface area contributed by atoms with Gasteiger partial charge >= 0.3 is 0 Å². The maximum absolute atomic E-state index is 11.9. The van der Waals surface area contributed by atoms with Crippen molar-refractivity contribution in [1.82, 2.24) is 25.1 Å². The van der Waals surface area contributed by atoms with Crippen LogP contribution in [-0.4, -0.2) is 58.9 Å². The molecule has 0 saturated carbocycles.